The molecule has 10 heteroatoms. The van der Waals surface area contributed by atoms with Gasteiger partial charge in [-0.3, -0.25) is 9.89 Å². The number of rotatable bonds is 9. The number of hydrogen-bond donors (Lipinski definition) is 2. The number of alkyl halides is 3. The van der Waals surface area contributed by atoms with Crippen LogP contribution in [0.4, 0.5) is 18.9 Å². The van der Waals surface area contributed by atoms with Crippen molar-refractivity contribution in [2.24, 2.45) is 10.7 Å². The number of nitrogens with one attached hydrogen (secondary N) is 1. The highest BCUT2D eigenvalue weighted by Gasteiger charge is 2.28. The SMILES string of the molecule is CCOc1ccc(OCC)c(NC(N)=NCCN(C)CC(F)(F)F)c1.I. The molecular formula is C16H26F3IN4O2. The first-order valence-corrected chi connectivity index (χ1v) is 7.97. The van der Waals surface area contributed by atoms with E-state index in [0.717, 1.165) is 4.90 Å². The Morgan fingerprint density at radius 3 is 2.46 bits per heavy atom. The van der Waals surface area contributed by atoms with E-state index in [9.17, 15) is 13.2 Å². The van der Waals surface area contributed by atoms with Crippen LogP contribution in [0.2, 0.25) is 0 Å². The molecule has 6 nitrogen and oxygen atoms in total. The van der Waals surface area contributed by atoms with Gasteiger partial charge in [0.15, 0.2) is 5.96 Å². The van der Waals surface area contributed by atoms with E-state index in [1.807, 2.05) is 13.8 Å². The summed E-state index contributed by atoms with van der Waals surface area (Å²) in [6, 6.07) is 5.26. The van der Waals surface area contributed by atoms with Gasteiger partial charge in [0.2, 0.25) is 0 Å². The second-order valence-corrected chi connectivity index (χ2v) is 5.27. The topological polar surface area (TPSA) is 72.1 Å². The lowest BCUT2D eigenvalue weighted by atomic mass is 10.2. The molecule has 0 saturated heterocycles. The summed E-state index contributed by atoms with van der Waals surface area (Å²) in [7, 11) is 1.38. The summed E-state index contributed by atoms with van der Waals surface area (Å²) in [4.78, 5) is 5.18. The molecule has 3 N–H and O–H groups in total. The lowest BCUT2D eigenvalue weighted by Crippen LogP contribution is -2.33. The van der Waals surface area contributed by atoms with E-state index in [0.29, 0.717) is 30.4 Å². The average Bonchev–Trinajstić information content (AvgIpc) is 2.48. The number of guanidine groups is 1. The van der Waals surface area contributed by atoms with Crippen LogP contribution in [0.1, 0.15) is 13.8 Å². The molecule has 0 fully saturated rings. The predicted octanol–water partition coefficient (Wildman–Crippen LogP) is 3.32. The van der Waals surface area contributed by atoms with E-state index in [4.69, 9.17) is 15.2 Å². The maximum absolute atomic E-state index is 12.3. The highest BCUT2D eigenvalue weighted by Crippen LogP contribution is 2.29. The van der Waals surface area contributed by atoms with Gasteiger partial charge in [0.25, 0.3) is 0 Å². The van der Waals surface area contributed by atoms with Crippen molar-refractivity contribution in [1.29, 1.82) is 0 Å². The van der Waals surface area contributed by atoms with Gasteiger partial charge < -0.3 is 20.5 Å². The second-order valence-electron chi connectivity index (χ2n) is 5.27. The first-order valence-electron chi connectivity index (χ1n) is 7.97. The van der Waals surface area contributed by atoms with Gasteiger partial charge >= 0.3 is 6.18 Å². The van der Waals surface area contributed by atoms with E-state index < -0.39 is 12.7 Å². The van der Waals surface area contributed by atoms with Crippen LogP contribution in [0.3, 0.4) is 0 Å². The molecule has 1 rings (SSSR count). The number of nitrogens with zero attached hydrogens (tertiary/aromatic N) is 2. The molecule has 0 unspecified atom stereocenters. The minimum atomic E-state index is -4.23. The third-order valence-electron chi connectivity index (χ3n) is 3.04. The number of ether oxygens (including phenoxy) is 2. The summed E-state index contributed by atoms with van der Waals surface area (Å²) >= 11 is 0. The monoisotopic (exact) mass is 490 g/mol. The van der Waals surface area contributed by atoms with Crippen LogP contribution in [-0.4, -0.2) is 56.9 Å². The van der Waals surface area contributed by atoms with Crippen LogP contribution in [0.15, 0.2) is 23.2 Å². The predicted molar refractivity (Wildman–Crippen MR) is 108 cm³/mol. The number of aliphatic imine (C=N–C) groups is 1. The minimum Gasteiger partial charge on any atom is -0.494 e. The number of anilines is 1. The van der Waals surface area contributed by atoms with E-state index in [2.05, 4.69) is 10.3 Å². The normalized spacial score (nSPS) is 11.9. The van der Waals surface area contributed by atoms with Crippen LogP contribution in [0, 0.1) is 0 Å². The number of nitrogens with two attached hydrogens (primary N) is 1. The highest BCUT2D eigenvalue weighted by molar-refractivity contribution is 14.0. The lowest BCUT2D eigenvalue weighted by Gasteiger charge is -2.17. The van der Waals surface area contributed by atoms with Crippen molar-refractivity contribution in [2.75, 3.05) is 45.2 Å². The number of likely N-dealkylation sites (N-methyl/N-ethyl adjacent to an activating group) is 1. The summed E-state index contributed by atoms with van der Waals surface area (Å²) in [6.07, 6.45) is -4.23. The van der Waals surface area contributed by atoms with E-state index >= 15 is 0 Å². The van der Waals surface area contributed by atoms with Crippen molar-refractivity contribution >= 4 is 35.6 Å². The molecule has 0 bridgehead atoms. The summed E-state index contributed by atoms with van der Waals surface area (Å²) in [5.41, 5.74) is 6.39. The third kappa shape index (κ3) is 9.90. The number of hydrogen-bond acceptors (Lipinski definition) is 4. The molecular weight excluding hydrogens is 464 g/mol. The maximum atomic E-state index is 12.3. The molecule has 0 aromatic heterocycles. The van der Waals surface area contributed by atoms with Crippen LogP contribution < -0.4 is 20.5 Å². The van der Waals surface area contributed by atoms with Gasteiger partial charge in [0.05, 0.1) is 32.0 Å². The van der Waals surface area contributed by atoms with Crippen LogP contribution in [0.5, 0.6) is 11.5 Å². The van der Waals surface area contributed by atoms with Crippen LogP contribution >= 0.6 is 24.0 Å². The Labute approximate surface area is 168 Å². The summed E-state index contributed by atoms with van der Waals surface area (Å²) < 4.78 is 47.7. The molecule has 0 atom stereocenters. The zero-order valence-electron chi connectivity index (χ0n) is 15.1. The fourth-order valence-electron chi connectivity index (χ4n) is 2.05. The van der Waals surface area contributed by atoms with Crippen LogP contribution in [-0.2, 0) is 0 Å². The van der Waals surface area contributed by atoms with Crippen molar-refractivity contribution in [3.8, 4) is 11.5 Å². The smallest absolute Gasteiger partial charge is 0.401 e. The second kappa shape index (κ2) is 12.0. The van der Waals surface area contributed by atoms with Gasteiger partial charge in [-0.2, -0.15) is 13.2 Å². The van der Waals surface area contributed by atoms with Crippen molar-refractivity contribution in [3.05, 3.63) is 18.2 Å². The molecule has 0 aliphatic carbocycles. The van der Waals surface area contributed by atoms with Crippen molar-refractivity contribution in [1.82, 2.24) is 4.90 Å². The van der Waals surface area contributed by atoms with E-state index in [-0.39, 0.29) is 43.0 Å². The molecule has 26 heavy (non-hydrogen) atoms. The summed E-state index contributed by atoms with van der Waals surface area (Å²) in [5.74, 6) is 1.32. The Balaban J connectivity index is 0.00000625. The largest absolute Gasteiger partial charge is 0.494 e. The molecule has 0 spiro atoms. The molecule has 1 aromatic carbocycles. The Morgan fingerprint density at radius 1 is 1.23 bits per heavy atom. The minimum absolute atomic E-state index is 0. The molecule has 0 aliphatic rings. The lowest BCUT2D eigenvalue weighted by molar-refractivity contribution is -0.142. The van der Waals surface area contributed by atoms with Gasteiger partial charge in [-0.1, -0.05) is 0 Å². The van der Waals surface area contributed by atoms with Gasteiger partial charge in [-0.25, -0.2) is 0 Å². The Bertz CT molecular complexity index is 571. The summed E-state index contributed by atoms with van der Waals surface area (Å²) in [6.45, 7) is 4.01. The molecule has 1 aromatic rings. The van der Waals surface area contributed by atoms with E-state index in [1.165, 1.54) is 7.05 Å². The zero-order valence-corrected chi connectivity index (χ0v) is 17.4. The molecule has 150 valence electrons. The Morgan fingerprint density at radius 2 is 1.88 bits per heavy atom. The summed E-state index contributed by atoms with van der Waals surface area (Å²) in [5, 5.41) is 2.90. The van der Waals surface area contributed by atoms with Gasteiger partial charge in [-0.05, 0) is 33.0 Å². The first kappa shape index (κ1) is 24.6. The van der Waals surface area contributed by atoms with Gasteiger partial charge in [-0.15, -0.1) is 24.0 Å². The zero-order chi connectivity index (χ0) is 18.9. The quantitative estimate of drug-likeness (QED) is 0.316. The fourth-order valence-corrected chi connectivity index (χ4v) is 2.05. The van der Waals surface area contributed by atoms with Gasteiger partial charge in [0.1, 0.15) is 11.5 Å². The van der Waals surface area contributed by atoms with Crippen molar-refractivity contribution in [3.63, 3.8) is 0 Å². The molecule has 0 aliphatic heterocycles. The number of halogens is 4. The first-order chi connectivity index (χ1) is 11.7. The van der Waals surface area contributed by atoms with Gasteiger partial charge in [0, 0.05) is 12.6 Å². The molecule has 0 amide bonds. The Hall–Kier alpha value is -1.43. The third-order valence-corrected chi connectivity index (χ3v) is 3.04. The standard InChI is InChI=1S/C16H25F3N4O2.HI/c1-4-24-12-6-7-14(25-5-2)13(10-12)22-15(20)21-8-9-23(3)11-16(17,18)19;/h6-7,10H,4-5,8-9,11H2,1-3H3,(H3,20,21,22);1H. The average molecular weight is 490 g/mol. The maximum Gasteiger partial charge on any atom is 0.401 e. The molecule has 0 heterocycles. The van der Waals surface area contributed by atoms with Crippen LogP contribution in [0.25, 0.3) is 0 Å². The van der Waals surface area contributed by atoms with Crippen molar-refractivity contribution in [2.45, 2.75) is 20.0 Å². The molecule has 0 radical (unpaired) electrons. The molecule has 0 saturated carbocycles. The number of benzene rings is 1. The van der Waals surface area contributed by atoms with Crippen molar-refractivity contribution < 1.29 is 22.6 Å². The Kier molecular flexibility index (Phi) is 11.4. The fraction of sp³-hybridized carbons (Fsp3) is 0.562. The van der Waals surface area contributed by atoms with E-state index in [1.54, 1.807) is 18.2 Å². The highest BCUT2D eigenvalue weighted by atomic mass is 127.